The van der Waals surface area contributed by atoms with Gasteiger partial charge in [0.25, 0.3) is 0 Å². The summed E-state index contributed by atoms with van der Waals surface area (Å²) in [6, 6.07) is -1.02. The van der Waals surface area contributed by atoms with Crippen LogP contribution in [0.25, 0.3) is 0 Å². The Morgan fingerprint density at radius 1 is 0.697 bits per heavy atom. The first kappa shape index (κ1) is 53.8. The van der Waals surface area contributed by atoms with E-state index in [9.17, 15) is 19.8 Å². The molecule has 2 unspecified atom stereocenters. The number of aliphatic hydroxyl groups is 2. The lowest BCUT2D eigenvalue weighted by molar-refractivity contribution is -0.369. The molecule has 9 N–H and O–H groups in total. The van der Waals surface area contributed by atoms with Gasteiger partial charge in [-0.05, 0) is 52.4 Å². The fraction of sp³-hybridized carbons (Fsp3) is 0.738. The molecule has 0 aromatic carbocycles. The molecule has 0 saturated carbocycles. The predicted molar refractivity (Wildman–Crippen MR) is 239 cm³/mol. The summed E-state index contributed by atoms with van der Waals surface area (Å²) in [5.74, 6) is 3.74. The third-order valence-corrected chi connectivity index (χ3v) is 11.1. The van der Waals surface area contributed by atoms with Gasteiger partial charge in [-0.15, -0.1) is 16.6 Å². The minimum Gasteiger partial charge on any atom is -1.00 e. The number of terminal acetylenes is 1. The van der Waals surface area contributed by atoms with E-state index >= 15 is 0 Å². The molecule has 3 aromatic heterocycles. The molecule has 0 spiro atoms. The number of amides is 2. The summed E-state index contributed by atoms with van der Waals surface area (Å²) < 4.78 is 19.8. The molecule has 2 saturated heterocycles. The summed E-state index contributed by atoms with van der Waals surface area (Å²) >= 11 is 0. The molecule has 0 aliphatic carbocycles. The highest BCUT2D eigenvalue weighted by molar-refractivity contribution is 5.81. The van der Waals surface area contributed by atoms with Crippen molar-refractivity contribution in [1.82, 2.24) is 54.7 Å². The molecule has 24 heteroatoms. The second-order valence-electron chi connectivity index (χ2n) is 16.5. The molecule has 4 atom stereocenters. The predicted octanol–water partition coefficient (Wildman–Crippen LogP) is -5.40. The van der Waals surface area contributed by atoms with Gasteiger partial charge >= 0.3 is 0 Å². The van der Waals surface area contributed by atoms with E-state index in [0.717, 1.165) is 38.8 Å². The monoisotopic (exact) mass is 948 g/mol. The van der Waals surface area contributed by atoms with Crippen molar-refractivity contribution >= 4 is 29.7 Å². The summed E-state index contributed by atoms with van der Waals surface area (Å²) in [6.45, 7) is 11.6. The Balaban J connectivity index is 0.00000952. The summed E-state index contributed by atoms with van der Waals surface area (Å²) in [5, 5.41) is 40.1. The Morgan fingerprint density at radius 3 is 1.56 bits per heavy atom. The van der Waals surface area contributed by atoms with Gasteiger partial charge in [0.2, 0.25) is 29.7 Å². The average Bonchev–Trinajstić information content (AvgIpc) is 3.97. The van der Waals surface area contributed by atoms with Crippen molar-refractivity contribution < 1.29 is 57.9 Å². The highest BCUT2D eigenvalue weighted by atomic mass is 35.5. The zero-order valence-electron chi connectivity index (χ0n) is 38.8. The third kappa shape index (κ3) is 17.1. The smallest absolute Gasteiger partial charge is 0.247 e. The molecular weight excluding hydrogens is 876 g/mol. The Bertz CT molecular complexity index is 1790. The molecule has 368 valence electrons. The van der Waals surface area contributed by atoms with Crippen LogP contribution in [0.2, 0.25) is 0 Å². The number of carbonyl (C=O) groups is 2. The van der Waals surface area contributed by atoms with Crippen LogP contribution in [0.4, 0.5) is 17.8 Å². The first-order valence-corrected chi connectivity index (χ1v) is 23.1. The average molecular weight is 949 g/mol. The third-order valence-electron chi connectivity index (χ3n) is 11.1. The van der Waals surface area contributed by atoms with Gasteiger partial charge < -0.3 is 73.2 Å². The van der Waals surface area contributed by atoms with Crippen LogP contribution in [-0.4, -0.2) is 201 Å². The lowest BCUT2D eigenvalue weighted by atomic mass is 10.1. The maximum Gasteiger partial charge on any atom is 0.247 e. The van der Waals surface area contributed by atoms with Crippen LogP contribution in [-0.2, 0) is 36.6 Å². The maximum atomic E-state index is 14.1. The minimum atomic E-state index is -0.567. The molecular formula is C42H72ClN16O7+. The quantitative estimate of drug-likeness (QED) is 0.0321. The van der Waals surface area contributed by atoms with Crippen molar-refractivity contribution in [2.45, 2.75) is 89.5 Å². The van der Waals surface area contributed by atoms with Gasteiger partial charge in [-0.3, -0.25) is 9.59 Å². The van der Waals surface area contributed by atoms with Gasteiger partial charge in [-0.25, -0.2) is 9.36 Å². The first-order valence-electron chi connectivity index (χ1n) is 23.1. The van der Waals surface area contributed by atoms with Crippen LogP contribution in [0, 0.1) is 12.3 Å². The van der Waals surface area contributed by atoms with Crippen molar-refractivity contribution in [3.63, 3.8) is 0 Å². The van der Waals surface area contributed by atoms with Crippen LogP contribution in [0.15, 0.2) is 12.4 Å². The normalized spacial score (nSPS) is 16.1. The highest BCUT2D eigenvalue weighted by Gasteiger charge is 2.33. The lowest BCUT2D eigenvalue weighted by Gasteiger charge is -2.38. The van der Waals surface area contributed by atoms with E-state index in [0.29, 0.717) is 147 Å². The number of hydrogen-bond acceptors (Lipinski definition) is 17. The van der Waals surface area contributed by atoms with E-state index in [1.165, 1.54) is 0 Å². The highest BCUT2D eigenvalue weighted by Crippen LogP contribution is 2.24. The van der Waals surface area contributed by atoms with Crippen LogP contribution < -0.4 is 39.0 Å². The number of anilines is 3. The number of nitrogens with one attached hydrogen (secondary N) is 1. The van der Waals surface area contributed by atoms with E-state index in [4.69, 9.17) is 35.6 Å². The van der Waals surface area contributed by atoms with Gasteiger partial charge in [-0.1, -0.05) is 16.3 Å². The van der Waals surface area contributed by atoms with Gasteiger partial charge in [0.1, 0.15) is 18.7 Å². The number of aliphatic hydroxyl groups excluding tert-OH is 2. The molecule has 3 aromatic rings. The summed E-state index contributed by atoms with van der Waals surface area (Å²) in [5.41, 5.74) is 9.20. The van der Waals surface area contributed by atoms with Gasteiger partial charge in [0, 0.05) is 84.1 Å². The van der Waals surface area contributed by atoms with E-state index in [2.05, 4.69) is 53.1 Å². The van der Waals surface area contributed by atoms with Crippen molar-refractivity contribution in [2.24, 2.45) is 0 Å². The van der Waals surface area contributed by atoms with Crippen LogP contribution in [0.1, 0.15) is 75.8 Å². The fourth-order valence-corrected chi connectivity index (χ4v) is 7.69. The Kier molecular flexibility index (Phi) is 23.7. The Hall–Kier alpha value is -4.80. The second-order valence-corrected chi connectivity index (χ2v) is 16.5. The zero-order chi connectivity index (χ0) is 46.4. The number of quaternary nitrogens is 2. The molecule has 66 heavy (non-hydrogen) atoms. The zero-order valence-corrected chi connectivity index (χ0v) is 39.5. The van der Waals surface area contributed by atoms with Gasteiger partial charge in [-0.2, -0.15) is 15.0 Å². The van der Waals surface area contributed by atoms with Crippen molar-refractivity contribution in [1.29, 1.82) is 0 Å². The number of unbranched alkanes of at least 4 members (excludes halogenated alkanes) is 2. The standard InChI is InChI=1S/C42H70N16O7.ClH/c1-4-22-63-24-26-65-27-25-64-23-13-45-40-46-41(55-18-14-53(15-19-55)38(61)36(9-5-7-11-43)57-30-34(49-51-57)28-32(2)59)48-42(47-40)56-20-16-54(17-21-56)39(62)37(10-6-8-12-44)58-31-35(50-52-58)29-33(3)60;/h1,30-33,36-37,59-60H,5-29,43-44H2,2-3H3,(H,45,46,47,48);1H/p+1/t32?,33?,36-,37-;/m0./s1. The molecule has 5 rings (SSSR count). The number of rotatable bonds is 29. The van der Waals surface area contributed by atoms with Crippen molar-refractivity contribution in [3.8, 4) is 12.3 Å². The van der Waals surface area contributed by atoms with Gasteiger partial charge in [0.05, 0.1) is 69.7 Å². The van der Waals surface area contributed by atoms with Crippen molar-refractivity contribution in [3.05, 3.63) is 23.8 Å². The largest absolute Gasteiger partial charge is 1.00 e. The maximum absolute atomic E-state index is 14.1. The lowest BCUT2D eigenvalue weighted by Crippen LogP contribution is -3.00. The molecule has 2 amide bonds. The van der Waals surface area contributed by atoms with E-state index < -0.39 is 24.3 Å². The van der Waals surface area contributed by atoms with E-state index in [1.807, 2.05) is 9.80 Å². The topological polar surface area (TPSA) is 283 Å². The molecule has 2 aliphatic heterocycles. The minimum absolute atomic E-state index is 0. The van der Waals surface area contributed by atoms with E-state index in [1.54, 1.807) is 35.6 Å². The van der Waals surface area contributed by atoms with Crippen LogP contribution in [0.5, 0.6) is 0 Å². The van der Waals surface area contributed by atoms with Gasteiger partial charge in [0.15, 0.2) is 0 Å². The Morgan fingerprint density at radius 2 is 1.14 bits per heavy atom. The molecule has 0 bridgehead atoms. The SMILES string of the molecule is C#CCOCCOCCOCCNc1nc(N2CCN(C(=O)[C@H](CCCC[NH3+])n3cc(CC(C)O)nn3)CC2)nc(N2CCN(C(=O)[C@H](CCCC[NH3+])n3cc(CC(C)O)nn3)CC2)n1.[Cl-]. The van der Waals surface area contributed by atoms with Crippen molar-refractivity contribution in [2.75, 3.05) is 127 Å². The second kappa shape index (κ2) is 29.1. The fourth-order valence-electron chi connectivity index (χ4n) is 7.69. The number of ether oxygens (including phenoxy) is 3. The first-order chi connectivity index (χ1) is 31.6. The number of carbonyl (C=O) groups excluding carboxylic acids is 2. The van der Waals surface area contributed by atoms with Crippen LogP contribution in [0.3, 0.4) is 0 Å². The summed E-state index contributed by atoms with van der Waals surface area (Å²) in [6.07, 6.45) is 13.0. The molecule has 2 fully saturated rings. The molecule has 5 heterocycles. The number of aromatic nitrogens is 9. The number of hydrogen-bond donors (Lipinski definition) is 5. The summed E-state index contributed by atoms with van der Waals surface area (Å²) in [4.78, 5) is 50.6. The number of piperazine rings is 2. The number of nitrogens with zero attached hydrogens (tertiary/aromatic N) is 13. The Labute approximate surface area is 393 Å². The molecule has 2 aliphatic rings. The number of halogens is 1. The summed E-state index contributed by atoms with van der Waals surface area (Å²) in [7, 11) is 0. The molecule has 0 radical (unpaired) electrons. The van der Waals surface area contributed by atoms with E-state index in [-0.39, 0.29) is 30.8 Å². The van der Waals surface area contributed by atoms with Crippen LogP contribution >= 0.6 is 0 Å². The molecule has 23 nitrogen and oxygen atoms in total.